The van der Waals surface area contributed by atoms with Crippen molar-refractivity contribution in [2.75, 3.05) is 11.1 Å². The van der Waals surface area contributed by atoms with Crippen LogP contribution in [0.3, 0.4) is 0 Å². The average molecular weight is 902 g/mol. The summed E-state index contributed by atoms with van der Waals surface area (Å²) in [6.45, 7) is 4.18. The summed E-state index contributed by atoms with van der Waals surface area (Å²) >= 11 is 3.59. The van der Waals surface area contributed by atoms with Crippen LogP contribution >= 0.6 is 15.9 Å². The summed E-state index contributed by atoms with van der Waals surface area (Å²) < 4.78 is 1.03. The van der Waals surface area contributed by atoms with Crippen LogP contribution in [0.4, 0.5) is 17.1 Å². The van der Waals surface area contributed by atoms with Gasteiger partial charge in [-0.05, 0) is 97.5 Å². The second-order valence-corrected chi connectivity index (χ2v) is 17.1. The number of fused-ring (bicyclic) bond motifs is 6. The van der Waals surface area contributed by atoms with E-state index >= 15 is 0 Å². The average Bonchev–Trinajstić information content (AvgIpc) is 3.36. The van der Waals surface area contributed by atoms with Gasteiger partial charge in [-0.3, -0.25) is 0 Å². The number of pyridine rings is 2. The van der Waals surface area contributed by atoms with E-state index in [0.717, 1.165) is 71.2 Å². The van der Waals surface area contributed by atoms with Crippen LogP contribution in [0.15, 0.2) is 223 Å². The summed E-state index contributed by atoms with van der Waals surface area (Å²) in [5, 5.41) is 15.7. The summed E-state index contributed by atoms with van der Waals surface area (Å²) in [6.07, 6.45) is 0. The number of benzene rings is 10. The molecular formula is C60H45BrN4. The normalized spacial score (nSPS) is 11.1. The number of nitrogen functional groups attached to an aromatic ring is 1. The molecule has 65 heavy (non-hydrogen) atoms. The molecule has 4 nitrogen and oxygen atoms in total. The van der Waals surface area contributed by atoms with Gasteiger partial charge in [0.2, 0.25) is 0 Å². The van der Waals surface area contributed by atoms with E-state index in [1.165, 1.54) is 48.8 Å². The lowest BCUT2D eigenvalue weighted by Gasteiger charge is -2.15. The van der Waals surface area contributed by atoms with Gasteiger partial charge in [0.15, 0.2) is 0 Å². The van der Waals surface area contributed by atoms with E-state index in [4.69, 9.17) is 15.7 Å². The number of hydrogen-bond acceptors (Lipinski definition) is 4. The van der Waals surface area contributed by atoms with Crippen molar-refractivity contribution in [1.82, 2.24) is 9.97 Å². The first kappa shape index (κ1) is 41.2. The Hall–Kier alpha value is -7.86. The van der Waals surface area contributed by atoms with Gasteiger partial charge in [-0.15, -0.1) is 0 Å². The molecule has 0 unspecified atom stereocenters. The highest BCUT2D eigenvalue weighted by atomic mass is 79.9. The van der Waals surface area contributed by atoms with Crippen LogP contribution in [0.25, 0.3) is 87.4 Å². The molecule has 0 aliphatic carbocycles. The summed E-state index contributed by atoms with van der Waals surface area (Å²) in [7, 11) is 0. The number of anilines is 3. The molecule has 0 aliphatic heterocycles. The molecular weight excluding hydrogens is 857 g/mol. The van der Waals surface area contributed by atoms with Crippen LogP contribution in [-0.4, -0.2) is 9.97 Å². The molecule has 0 bridgehead atoms. The molecule has 0 saturated heterocycles. The Morgan fingerprint density at radius 1 is 0.369 bits per heavy atom. The SMILES string of the molecule is Brc1cccc2ccc(-c3cccc4ccccc34)nc12.Cc1ccc2ccccc2c1N.Cc1ccc2ccccc2c1Nc1cccc2ccc(-c3cccc4ccccc34)nc12. The highest BCUT2D eigenvalue weighted by Crippen LogP contribution is 2.35. The maximum Gasteiger partial charge on any atom is 0.0944 e. The minimum absolute atomic E-state index is 0.896. The first-order valence-corrected chi connectivity index (χ1v) is 22.6. The van der Waals surface area contributed by atoms with E-state index in [9.17, 15) is 0 Å². The maximum atomic E-state index is 5.92. The predicted molar refractivity (Wildman–Crippen MR) is 282 cm³/mol. The smallest absolute Gasteiger partial charge is 0.0944 e. The number of hydrogen-bond donors (Lipinski definition) is 2. The van der Waals surface area contributed by atoms with Crippen molar-refractivity contribution in [3.8, 4) is 22.5 Å². The number of aromatic nitrogens is 2. The first-order valence-electron chi connectivity index (χ1n) is 21.8. The Bertz CT molecular complexity index is 3700. The molecule has 3 N–H and O–H groups in total. The molecule has 12 rings (SSSR count). The topological polar surface area (TPSA) is 63.8 Å². The number of halogens is 1. The van der Waals surface area contributed by atoms with Crippen LogP contribution in [-0.2, 0) is 0 Å². The third-order valence-electron chi connectivity index (χ3n) is 12.1. The minimum atomic E-state index is 0.896. The van der Waals surface area contributed by atoms with Crippen molar-refractivity contribution < 1.29 is 0 Å². The van der Waals surface area contributed by atoms with Gasteiger partial charge in [-0.1, -0.05) is 194 Å². The molecule has 0 atom stereocenters. The molecule has 0 aliphatic rings. The van der Waals surface area contributed by atoms with Crippen molar-refractivity contribution in [3.05, 3.63) is 234 Å². The van der Waals surface area contributed by atoms with E-state index in [1.54, 1.807) is 0 Å². The summed E-state index contributed by atoms with van der Waals surface area (Å²) in [4.78, 5) is 9.99. The first-order chi connectivity index (χ1) is 31.9. The molecule has 0 fully saturated rings. The Labute approximate surface area is 387 Å². The Morgan fingerprint density at radius 3 is 1.40 bits per heavy atom. The Kier molecular flexibility index (Phi) is 11.5. The molecule has 312 valence electrons. The maximum absolute atomic E-state index is 5.92. The van der Waals surface area contributed by atoms with Gasteiger partial charge < -0.3 is 11.1 Å². The molecule has 0 spiro atoms. The molecule has 5 heteroatoms. The Morgan fingerprint density at radius 2 is 0.785 bits per heavy atom. The summed E-state index contributed by atoms with van der Waals surface area (Å²) in [5.74, 6) is 0. The lowest BCUT2D eigenvalue weighted by Crippen LogP contribution is -1.97. The fourth-order valence-electron chi connectivity index (χ4n) is 8.64. The zero-order valence-electron chi connectivity index (χ0n) is 36.1. The van der Waals surface area contributed by atoms with Crippen LogP contribution in [0.2, 0.25) is 0 Å². The van der Waals surface area contributed by atoms with Gasteiger partial charge in [0.05, 0.1) is 28.1 Å². The molecule has 0 radical (unpaired) electrons. The highest BCUT2D eigenvalue weighted by Gasteiger charge is 2.12. The van der Waals surface area contributed by atoms with Crippen molar-refractivity contribution >= 4 is 97.9 Å². The quantitative estimate of drug-likeness (QED) is 0.173. The molecule has 0 saturated carbocycles. The lowest BCUT2D eigenvalue weighted by atomic mass is 10.0. The fourth-order valence-corrected chi connectivity index (χ4v) is 9.11. The van der Waals surface area contributed by atoms with Gasteiger partial charge in [0.25, 0.3) is 0 Å². The van der Waals surface area contributed by atoms with Gasteiger partial charge in [0.1, 0.15) is 0 Å². The third kappa shape index (κ3) is 8.38. The number of aryl methyl sites for hydroxylation is 2. The van der Waals surface area contributed by atoms with Crippen LogP contribution in [0, 0.1) is 13.8 Å². The van der Waals surface area contributed by atoms with Gasteiger partial charge in [-0.2, -0.15) is 0 Å². The minimum Gasteiger partial charge on any atom is -0.398 e. The van der Waals surface area contributed by atoms with Crippen LogP contribution in [0.5, 0.6) is 0 Å². The number of para-hydroxylation sites is 2. The zero-order chi connectivity index (χ0) is 44.3. The largest absolute Gasteiger partial charge is 0.398 e. The van der Waals surface area contributed by atoms with E-state index < -0.39 is 0 Å². The standard InChI is InChI=1S/C30H22N2.C19H12BrN.C11H11N/c1-20-16-17-22-9-3-5-13-25(22)29(20)32-28-15-7-11-23-18-19-27(31-30(23)28)26-14-6-10-21-8-2-4-12-24(21)26;20-17-10-4-7-14-11-12-18(21-19(14)17)16-9-3-6-13-5-1-2-8-15(13)16;1-8-6-7-9-4-2-3-5-10(9)11(8)12/h2-19,32H,1H3;1-12H;2-7H,12H2,1H3. The monoisotopic (exact) mass is 900 g/mol. The summed E-state index contributed by atoms with van der Waals surface area (Å²) in [6, 6.07) is 75.8. The van der Waals surface area contributed by atoms with E-state index in [2.05, 4.69) is 222 Å². The van der Waals surface area contributed by atoms with E-state index in [-0.39, 0.29) is 0 Å². The number of nitrogens with zero attached hydrogens (tertiary/aromatic N) is 2. The van der Waals surface area contributed by atoms with Crippen molar-refractivity contribution in [1.29, 1.82) is 0 Å². The fraction of sp³-hybridized carbons (Fsp3) is 0.0333. The Balaban J connectivity index is 0.000000129. The molecule has 0 amide bonds. The second-order valence-electron chi connectivity index (χ2n) is 16.3. The van der Waals surface area contributed by atoms with Gasteiger partial charge >= 0.3 is 0 Å². The van der Waals surface area contributed by atoms with Crippen LogP contribution < -0.4 is 11.1 Å². The number of nitrogens with one attached hydrogen (secondary N) is 1. The van der Waals surface area contributed by atoms with Crippen molar-refractivity contribution in [2.24, 2.45) is 0 Å². The number of rotatable bonds is 4. The van der Waals surface area contributed by atoms with Gasteiger partial charge in [-0.25, -0.2) is 9.97 Å². The lowest BCUT2D eigenvalue weighted by molar-refractivity contribution is 1.39. The third-order valence-corrected chi connectivity index (χ3v) is 12.7. The van der Waals surface area contributed by atoms with Crippen molar-refractivity contribution in [3.63, 3.8) is 0 Å². The van der Waals surface area contributed by atoms with Crippen LogP contribution in [0.1, 0.15) is 11.1 Å². The van der Waals surface area contributed by atoms with Crippen molar-refractivity contribution in [2.45, 2.75) is 13.8 Å². The van der Waals surface area contributed by atoms with E-state index in [0.29, 0.717) is 0 Å². The highest BCUT2D eigenvalue weighted by molar-refractivity contribution is 9.10. The molecule has 10 aromatic carbocycles. The number of nitrogens with two attached hydrogens (primary N) is 1. The molecule has 12 aromatic rings. The van der Waals surface area contributed by atoms with Gasteiger partial charge in [0, 0.05) is 48.5 Å². The van der Waals surface area contributed by atoms with E-state index in [1.807, 2.05) is 31.2 Å². The zero-order valence-corrected chi connectivity index (χ0v) is 37.7. The second kappa shape index (κ2) is 18.1. The molecule has 2 aromatic heterocycles. The molecule has 2 heterocycles. The predicted octanol–water partition coefficient (Wildman–Crippen LogP) is 16.8. The summed E-state index contributed by atoms with van der Waals surface area (Å²) in [5.41, 5.74) is 17.6.